The van der Waals surface area contributed by atoms with Crippen LogP contribution in [-0.4, -0.2) is 31.3 Å². The number of thiophene rings is 1. The van der Waals surface area contributed by atoms with Crippen LogP contribution in [0.2, 0.25) is 0 Å². The third-order valence-corrected chi connectivity index (χ3v) is 5.30. The first-order chi connectivity index (χ1) is 14.2. The zero-order valence-electron chi connectivity index (χ0n) is 16.4. The van der Waals surface area contributed by atoms with E-state index in [9.17, 15) is 0 Å². The van der Waals surface area contributed by atoms with E-state index in [2.05, 4.69) is 5.32 Å². The van der Waals surface area contributed by atoms with Gasteiger partial charge in [0, 0.05) is 28.4 Å². The van der Waals surface area contributed by atoms with Crippen LogP contribution in [0.15, 0.2) is 53.2 Å². The van der Waals surface area contributed by atoms with E-state index in [1.54, 1.807) is 32.7 Å². The minimum Gasteiger partial charge on any atom is -0.493 e. The Hall–Kier alpha value is -3.32. The Morgan fingerprint density at radius 3 is 2.45 bits per heavy atom. The van der Waals surface area contributed by atoms with E-state index in [0.29, 0.717) is 29.6 Å². The van der Waals surface area contributed by atoms with Crippen LogP contribution >= 0.6 is 11.3 Å². The summed E-state index contributed by atoms with van der Waals surface area (Å²) >= 11 is 1.63. The molecule has 0 fully saturated rings. The molecule has 2 aromatic carbocycles. The van der Waals surface area contributed by atoms with Crippen molar-refractivity contribution in [2.45, 2.75) is 6.54 Å². The molecule has 4 aromatic rings. The third-order valence-electron chi connectivity index (χ3n) is 4.61. The topological polar surface area (TPSA) is 65.5 Å². The zero-order chi connectivity index (χ0) is 20.2. The molecule has 0 saturated heterocycles. The molecule has 0 aliphatic heterocycles. The van der Waals surface area contributed by atoms with Gasteiger partial charge < -0.3 is 19.5 Å². The lowest BCUT2D eigenvalue weighted by atomic mass is 10.1. The van der Waals surface area contributed by atoms with Gasteiger partial charge in [-0.15, -0.1) is 0 Å². The van der Waals surface area contributed by atoms with Crippen molar-refractivity contribution in [2.24, 2.45) is 0 Å². The van der Waals surface area contributed by atoms with Gasteiger partial charge in [-0.25, -0.2) is 9.97 Å². The second kappa shape index (κ2) is 8.36. The summed E-state index contributed by atoms with van der Waals surface area (Å²) in [6, 6.07) is 13.8. The molecule has 2 heterocycles. The van der Waals surface area contributed by atoms with Crippen molar-refractivity contribution in [3.05, 3.63) is 58.8 Å². The highest BCUT2D eigenvalue weighted by atomic mass is 32.1. The van der Waals surface area contributed by atoms with Crippen LogP contribution < -0.4 is 19.5 Å². The Morgan fingerprint density at radius 2 is 1.72 bits per heavy atom. The number of hydrogen-bond donors (Lipinski definition) is 1. The van der Waals surface area contributed by atoms with E-state index in [0.717, 1.165) is 27.8 Å². The molecule has 4 rings (SSSR count). The van der Waals surface area contributed by atoms with E-state index in [1.165, 1.54) is 0 Å². The largest absolute Gasteiger partial charge is 0.493 e. The van der Waals surface area contributed by atoms with Crippen LogP contribution in [0.1, 0.15) is 5.56 Å². The normalized spacial score (nSPS) is 10.7. The first-order valence-electron chi connectivity index (χ1n) is 9.06. The van der Waals surface area contributed by atoms with Gasteiger partial charge in [0.25, 0.3) is 0 Å². The number of methoxy groups -OCH3 is 3. The molecular formula is C22H21N3O3S. The molecule has 0 unspecified atom stereocenters. The van der Waals surface area contributed by atoms with E-state index >= 15 is 0 Å². The molecule has 0 aliphatic rings. The molecule has 0 amide bonds. The van der Waals surface area contributed by atoms with Crippen LogP contribution in [0.4, 0.5) is 5.82 Å². The summed E-state index contributed by atoms with van der Waals surface area (Å²) in [7, 11) is 4.83. The molecule has 0 aliphatic carbocycles. The maximum atomic E-state index is 5.59. The smallest absolute Gasteiger partial charge is 0.203 e. The lowest BCUT2D eigenvalue weighted by Crippen LogP contribution is -2.06. The highest BCUT2D eigenvalue weighted by Crippen LogP contribution is 2.40. The molecule has 6 nitrogen and oxygen atoms in total. The minimum absolute atomic E-state index is 0.508. The Labute approximate surface area is 173 Å². The van der Waals surface area contributed by atoms with Crippen LogP contribution in [0.25, 0.3) is 22.3 Å². The Kier molecular flexibility index (Phi) is 5.48. The standard InChI is InChI=1S/C22H21N3O3S/c1-26-18-9-8-14(19(27-2)20(18)28-3)12-23-22-16-6-4-5-7-17(16)24-21(25-22)15-10-11-29-13-15/h4-11,13H,12H2,1-3H3,(H,23,24,25). The minimum atomic E-state index is 0.508. The summed E-state index contributed by atoms with van der Waals surface area (Å²) in [6.07, 6.45) is 0. The highest BCUT2D eigenvalue weighted by Gasteiger charge is 2.16. The summed E-state index contributed by atoms with van der Waals surface area (Å²) in [5, 5.41) is 8.48. The van der Waals surface area contributed by atoms with Gasteiger partial charge in [-0.2, -0.15) is 11.3 Å². The second-order valence-corrected chi connectivity index (χ2v) is 7.05. The predicted molar refractivity (Wildman–Crippen MR) is 116 cm³/mol. The fourth-order valence-electron chi connectivity index (χ4n) is 3.21. The van der Waals surface area contributed by atoms with Gasteiger partial charge in [0.15, 0.2) is 17.3 Å². The molecular weight excluding hydrogens is 386 g/mol. The Morgan fingerprint density at radius 1 is 0.897 bits per heavy atom. The Balaban J connectivity index is 1.72. The molecule has 1 N–H and O–H groups in total. The van der Waals surface area contributed by atoms with Crippen LogP contribution in [-0.2, 0) is 6.54 Å². The van der Waals surface area contributed by atoms with Gasteiger partial charge >= 0.3 is 0 Å². The van der Waals surface area contributed by atoms with Crippen molar-refractivity contribution >= 4 is 28.1 Å². The molecule has 7 heteroatoms. The zero-order valence-corrected chi connectivity index (χ0v) is 17.2. The summed E-state index contributed by atoms with van der Waals surface area (Å²) in [6.45, 7) is 0.508. The van der Waals surface area contributed by atoms with Crippen molar-refractivity contribution in [3.63, 3.8) is 0 Å². The summed E-state index contributed by atoms with van der Waals surface area (Å²) in [4.78, 5) is 9.49. The SMILES string of the molecule is COc1ccc(CNc2nc(-c3ccsc3)nc3ccccc23)c(OC)c1OC. The number of nitrogens with zero attached hydrogens (tertiary/aromatic N) is 2. The number of anilines is 1. The fourth-order valence-corrected chi connectivity index (χ4v) is 3.85. The van der Waals surface area contributed by atoms with E-state index in [4.69, 9.17) is 24.2 Å². The van der Waals surface area contributed by atoms with Crippen molar-refractivity contribution in [1.82, 2.24) is 9.97 Å². The molecule has 0 saturated carbocycles. The first kappa shape index (κ1) is 19.0. The number of fused-ring (bicyclic) bond motifs is 1. The van der Waals surface area contributed by atoms with Gasteiger partial charge in [0.2, 0.25) is 5.75 Å². The van der Waals surface area contributed by atoms with Gasteiger partial charge in [-0.1, -0.05) is 12.1 Å². The number of nitrogens with one attached hydrogen (secondary N) is 1. The van der Waals surface area contributed by atoms with Gasteiger partial charge in [0.1, 0.15) is 5.82 Å². The van der Waals surface area contributed by atoms with Crippen molar-refractivity contribution in [2.75, 3.05) is 26.6 Å². The lowest BCUT2D eigenvalue weighted by molar-refractivity contribution is 0.322. The first-order valence-corrected chi connectivity index (χ1v) is 10.0. The lowest BCUT2D eigenvalue weighted by Gasteiger charge is -2.17. The third kappa shape index (κ3) is 3.69. The van der Waals surface area contributed by atoms with Crippen molar-refractivity contribution < 1.29 is 14.2 Å². The molecule has 0 bridgehead atoms. The maximum Gasteiger partial charge on any atom is 0.203 e. The molecule has 29 heavy (non-hydrogen) atoms. The summed E-state index contributed by atoms with van der Waals surface area (Å²) in [5.74, 6) is 3.30. The van der Waals surface area contributed by atoms with E-state index in [1.807, 2.05) is 53.2 Å². The molecule has 2 aromatic heterocycles. The van der Waals surface area contributed by atoms with Crippen LogP contribution in [0.3, 0.4) is 0 Å². The monoisotopic (exact) mass is 407 g/mol. The van der Waals surface area contributed by atoms with E-state index in [-0.39, 0.29) is 0 Å². The summed E-state index contributed by atoms with van der Waals surface area (Å²) < 4.78 is 16.4. The average molecular weight is 407 g/mol. The molecule has 0 spiro atoms. The summed E-state index contributed by atoms with van der Waals surface area (Å²) in [5.41, 5.74) is 2.84. The molecule has 0 atom stereocenters. The Bertz CT molecular complexity index is 1130. The number of benzene rings is 2. The fraction of sp³-hybridized carbons (Fsp3) is 0.182. The number of rotatable bonds is 7. The van der Waals surface area contributed by atoms with Crippen LogP contribution in [0.5, 0.6) is 17.2 Å². The van der Waals surface area contributed by atoms with E-state index < -0.39 is 0 Å². The predicted octanol–water partition coefficient (Wildman–Crippen LogP) is 5.00. The number of para-hydroxylation sites is 1. The number of aromatic nitrogens is 2. The molecule has 0 radical (unpaired) electrons. The van der Waals surface area contributed by atoms with Crippen molar-refractivity contribution in [3.8, 4) is 28.6 Å². The maximum absolute atomic E-state index is 5.59. The second-order valence-electron chi connectivity index (χ2n) is 6.27. The number of hydrogen-bond acceptors (Lipinski definition) is 7. The quantitative estimate of drug-likeness (QED) is 0.465. The highest BCUT2D eigenvalue weighted by molar-refractivity contribution is 7.08. The molecule has 148 valence electrons. The van der Waals surface area contributed by atoms with Gasteiger partial charge in [-0.05, 0) is 35.7 Å². The average Bonchev–Trinajstić information content (AvgIpc) is 3.31. The number of ether oxygens (including phenoxy) is 3. The van der Waals surface area contributed by atoms with Gasteiger partial charge in [-0.3, -0.25) is 0 Å². The van der Waals surface area contributed by atoms with Crippen LogP contribution in [0, 0.1) is 0 Å². The van der Waals surface area contributed by atoms with Gasteiger partial charge in [0.05, 0.1) is 26.8 Å². The van der Waals surface area contributed by atoms with Crippen molar-refractivity contribution in [1.29, 1.82) is 0 Å².